The average molecular weight is 831 g/mol. The minimum absolute atomic E-state index is 0.0915. The third kappa shape index (κ3) is 6.49. The summed E-state index contributed by atoms with van der Waals surface area (Å²) in [7, 11) is 0. The van der Waals surface area contributed by atoms with Gasteiger partial charge in [0.05, 0.1) is 16.7 Å². The maximum absolute atomic E-state index is 2.47. The van der Waals surface area contributed by atoms with Crippen molar-refractivity contribution < 1.29 is 0 Å². The number of nitrogens with zero attached hydrogens (tertiary/aromatic N) is 2. The van der Waals surface area contributed by atoms with E-state index in [9.17, 15) is 0 Å². The lowest BCUT2D eigenvalue weighted by atomic mass is 9.82. The summed E-state index contributed by atoms with van der Waals surface area (Å²) in [6.45, 7) is 4.72. The first-order valence-corrected chi connectivity index (χ1v) is 22.6. The number of para-hydroxylation sites is 2. The molecule has 0 saturated carbocycles. The van der Waals surface area contributed by atoms with Gasteiger partial charge in [0.2, 0.25) is 0 Å². The topological polar surface area (TPSA) is 8.17 Å². The maximum atomic E-state index is 2.47. The number of hydrogen-bond acceptors (Lipinski definition) is 1. The molecular formula is C63H46N2. The third-order valence-electron chi connectivity index (χ3n) is 13.6. The van der Waals surface area contributed by atoms with E-state index < -0.39 is 0 Å². The number of aromatic nitrogens is 1. The third-order valence-corrected chi connectivity index (χ3v) is 13.6. The van der Waals surface area contributed by atoms with E-state index in [1.165, 1.54) is 94.3 Å². The van der Waals surface area contributed by atoms with E-state index in [-0.39, 0.29) is 5.41 Å². The fraction of sp³-hybridized carbons (Fsp3) is 0.0476. The Morgan fingerprint density at radius 1 is 0.338 bits per heavy atom. The molecule has 308 valence electrons. The predicted molar refractivity (Wildman–Crippen MR) is 275 cm³/mol. The predicted octanol–water partition coefficient (Wildman–Crippen LogP) is 17.2. The van der Waals surface area contributed by atoms with Crippen molar-refractivity contribution in [3.05, 3.63) is 254 Å². The minimum Gasteiger partial charge on any atom is -0.310 e. The molecule has 1 aliphatic carbocycles. The van der Waals surface area contributed by atoms with Crippen molar-refractivity contribution in [3.63, 3.8) is 0 Å². The number of anilines is 3. The Morgan fingerprint density at radius 2 is 0.877 bits per heavy atom. The van der Waals surface area contributed by atoms with Crippen LogP contribution >= 0.6 is 0 Å². The van der Waals surface area contributed by atoms with Crippen LogP contribution in [0.25, 0.3) is 83.1 Å². The van der Waals surface area contributed by atoms with Crippen LogP contribution in [0.3, 0.4) is 0 Å². The molecule has 10 aromatic carbocycles. The molecule has 1 aliphatic rings. The molecule has 0 amide bonds. The van der Waals surface area contributed by atoms with Gasteiger partial charge in [-0.15, -0.1) is 0 Å². The molecule has 0 atom stereocenters. The molecule has 0 N–H and O–H groups in total. The van der Waals surface area contributed by atoms with Crippen molar-refractivity contribution in [1.29, 1.82) is 0 Å². The molecule has 0 radical (unpaired) electrons. The highest BCUT2D eigenvalue weighted by Crippen LogP contribution is 2.50. The van der Waals surface area contributed by atoms with Crippen LogP contribution in [0.15, 0.2) is 243 Å². The highest BCUT2D eigenvalue weighted by molar-refractivity contribution is 6.16. The van der Waals surface area contributed by atoms with Gasteiger partial charge in [-0.05, 0) is 116 Å². The smallest absolute Gasteiger partial charge is 0.0547 e. The second kappa shape index (κ2) is 15.6. The summed E-state index contributed by atoms with van der Waals surface area (Å²) in [6.07, 6.45) is 0. The van der Waals surface area contributed by atoms with Crippen LogP contribution in [0, 0.1) is 0 Å². The van der Waals surface area contributed by atoms with Gasteiger partial charge in [0.1, 0.15) is 0 Å². The van der Waals surface area contributed by atoms with Gasteiger partial charge in [0.25, 0.3) is 0 Å². The van der Waals surface area contributed by atoms with Crippen molar-refractivity contribution in [3.8, 4) is 61.3 Å². The summed E-state index contributed by atoms with van der Waals surface area (Å²) in [5, 5.41) is 2.49. The van der Waals surface area contributed by atoms with Crippen molar-refractivity contribution in [2.24, 2.45) is 0 Å². The molecule has 11 aromatic rings. The van der Waals surface area contributed by atoms with E-state index in [1.54, 1.807) is 0 Å². The van der Waals surface area contributed by atoms with Gasteiger partial charge in [-0.3, -0.25) is 0 Å². The van der Waals surface area contributed by atoms with Gasteiger partial charge in [0, 0.05) is 38.8 Å². The lowest BCUT2D eigenvalue weighted by Gasteiger charge is -2.28. The van der Waals surface area contributed by atoms with E-state index in [2.05, 4.69) is 266 Å². The van der Waals surface area contributed by atoms with E-state index in [0.717, 1.165) is 17.1 Å². The molecule has 0 fully saturated rings. The zero-order valence-electron chi connectivity index (χ0n) is 36.5. The average Bonchev–Trinajstić information content (AvgIpc) is 3.83. The fourth-order valence-electron chi connectivity index (χ4n) is 10.4. The summed E-state index contributed by atoms with van der Waals surface area (Å²) in [6, 6.07) is 88.7. The van der Waals surface area contributed by atoms with Gasteiger partial charge in [-0.2, -0.15) is 0 Å². The SMILES string of the molecule is CC1(C)c2ccccc2-c2ccc(-n3c4ccccc4c4c(-c5cccc(N(c6ccc(-c7ccc(-c8ccccc8)cc7)cc6)c6ccccc6-c6ccccc6)c5)cccc43)cc21. The molecule has 12 rings (SSSR count). The lowest BCUT2D eigenvalue weighted by Crippen LogP contribution is -2.15. The molecular weight excluding hydrogens is 785 g/mol. The Kier molecular flexibility index (Phi) is 9.21. The van der Waals surface area contributed by atoms with Crippen LogP contribution in [0.4, 0.5) is 17.1 Å². The number of hydrogen-bond donors (Lipinski definition) is 0. The molecule has 0 aliphatic heterocycles. The van der Waals surface area contributed by atoms with Gasteiger partial charge in [0.15, 0.2) is 0 Å². The number of rotatable bonds is 8. The second-order valence-electron chi connectivity index (χ2n) is 17.7. The Hall–Kier alpha value is -8.20. The fourth-order valence-corrected chi connectivity index (χ4v) is 10.4. The Balaban J connectivity index is 0.986. The first-order chi connectivity index (χ1) is 32.0. The molecule has 2 heteroatoms. The van der Waals surface area contributed by atoms with Crippen molar-refractivity contribution >= 4 is 38.9 Å². The molecule has 0 saturated heterocycles. The zero-order valence-corrected chi connectivity index (χ0v) is 36.5. The van der Waals surface area contributed by atoms with Crippen LogP contribution in [0.5, 0.6) is 0 Å². The first-order valence-electron chi connectivity index (χ1n) is 22.6. The van der Waals surface area contributed by atoms with E-state index in [1.807, 2.05) is 0 Å². The van der Waals surface area contributed by atoms with Gasteiger partial charge >= 0.3 is 0 Å². The molecule has 0 bridgehead atoms. The van der Waals surface area contributed by atoms with Gasteiger partial charge in [-0.1, -0.05) is 202 Å². The highest BCUT2D eigenvalue weighted by atomic mass is 15.1. The molecule has 0 unspecified atom stereocenters. The van der Waals surface area contributed by atoms with E-state index in [0.29, 0.717) is 0 Å². The van der Waals surface area contributed by atoms with Crippen LogP contribution in [0.2, 0.25) is 0 Å². The van der Waals surface area contributed by atoms with Crippen LogP contribution in [-0.4, -0.2) is 4.57 Å². The molecule has 1 heterocycles. The Morgan fingerprint density at radius 3 is 1.63 bits per heavy atom. The quantitative estimate of drug-likeness (QED) is 0.148. The van der Waals surface area contributed by atoms with Crippen molar-refractivity contribution in [2.75, 3.05) is 4.90 Å². The summed E-state index contributed by atoms with van der Waals surface area (Å²) in [5.74, 6) is 0. The monoisotopic (exact) mass is 830 g/mol. The summed E-state index contributed by atoms with van der Waals surface area (Å²) in [5.41, 5.74) is 21.7. The molecule has 0 spiro atoms. The van der Waals surface area contributed by atoms with E-state index >= 15 is 0 Å². The standard InChI is InChI=1S/C63H46N2/c1-63(2)57-27-12-9-24-54(57)55-40-39-51(42-58(55)63)65-60-29-14-11-25-56(60)62-53(26-16-30-61(62)65)48-21-15-22-50(41-48)64(59-28-13-10-23-52(59)47-19-7-4-8-20-47)49-37-35-46(36-38-49)45-33-31-44(32-34-45)43-17-5-3-6-18-43/h3-42H,1-2H3. The van der Waals surface area contributed by atoms with Crippen LogP contribution < -0.4 is 4.90 Å². The Labute approximate surface area is 381 Å². The summed E-state index contributed by atoms with van der Waals surface area (Å²) in [4.78, 5) is 2.42. The van der Waals surface area contributed by atoms with Gasteiger partial charge in [-0.25, -0.2) is 0 Å². The Bertz CT molecular complexity index is 3540. The number of fused-ring (bicyclic) bond motifs is 6. The van der Waals surface area contributed by atoms with Crippen LogP contribution in [-0.2, 0) is 5.41 Å². The van der Waals surface area contributed by atoms with Gasteiger partial charge < -0.3 is 9.47 Å². The molecule has 2 nitrogen and oxygen atoms in total. The normalized spacial score (nSPS) is 12.6. The summed E-state index contributed by atoms with van der Waals surface area (Å²) < 4.78 is 2.47. The molecule has 1 aromatic heterocycles. The van der Waals surface area contributed by atoms with E-state index in [4.69, 9.17) is 0 Å². The minimum atomic E-state index is -0.0915. The zero-order chi connectivity index (χ0) is 43.5. The number of benzene rings is 10. The lowest BCUT2D eigenvalue weighted by molar-refractivity contribution is 0.660. The second-order valence-corrected chi connectivity index (χ2v) is 17.7. The van der Waals surface area contributed by atoms with Crippen LogP contribution in [0.1, 0.15) is 25.0 Å². The summed E-state index contributed by atoms with van der Waals surface area (Å²) >= 11 is 0. The highest BCUT2D eigenvalue weighted by Gasteiger charge is 2.35. The maximum Gasteiger partial charge on any atom is 0.0547 e. The van der Waals surface area contributed by atoms with Crippen molar-refractivity contribution in [1.82, 2.24) is 4.57 Å². The molecule has 65 heavy (non-hydrogen) atoms. The van der Waals surface area contributed by atoms with Crippen molar-refractivity contribution in [2.45, 2.75) is 19.3 Å². The largest absolute Gasteiger partial charge is 0.310 e. The first kappa shape index (κ1) is 38.5.